The molecular formula is C28H40N2O3. The molecule has 5 nitrogen and oxygen atoms in total. The highest BCUT2D eigenvalue weighted by molar-refractivity contribution is 6.00. The van der Waals surface area contributed by atoms with Gasteiger partial charge in [0, 0.05) is 5.92 Å². The second-order valence-electron chi connectivity index (χ2n) is 10.4. The predicted molar refractivity (Wildman–Crippen MR) is 131 cm³/mol. The zero-order valence-electron chi connectivity index (χ0n) is 20.2. The first-order valence-electron chi connectivity index (χ1n) is 13.3. The van der Waals surface area contributed by atoms with Crippen LogP contribution >= 0.6 is 0 Å². The fraction of sp³-hybridized carbons (Fsp3) is 0.679. The van der Waals surface area contributed by atoms with Gasteiger partial charge in [0.05, 0.1) is 6.04 Å². The number of carbonyl (C=O) groups is 2. The molecule has 33 heavy (non-hydrogen) atoms. The summed E-state index contributed by atoms with van der Waals surface area (Å²) in [6.45, 7) is 2.04. The Morgan fingerprint density at radius 1 is 0.970 bits per heavy atom. The minimum absolute atomic E-state index is 0.00647. The Kier molecular flexibility index (Phi) is 8.57. The monoisotopic (exact) mass is 452 g/mol. The summed E-state index contributed by atoms with van der Waals surface area (Å²) in [5.74, 6) is 1.26. The number of ketones is 1. The average Bonchev–Trinajstić information content (AvgIpc) is 3.28. The third-order valence-electron chi connectivity index (χ3n) is 7.77. The molecule has 0 bridgehead atoms. The van der Waals surface area contributed by atoms with Crippen molar-refractivity contribution in [3.8, 4) is 0 Å². The van der Waals surface area contributed by atoms with Crippen LogP contribution in [0.1, 0.15) is 108 Å². The van der Waals surface area contributed by atoms with Crippen LogP contribution in [0.2, 0.25) is 0 Å². The topological polar surface area (TPSA) is 72.2 Å². The van der Waals surface area contributed by atoms with E-state index in [4.69, 9.17) is 4.42 Å². The molecule has 2 fully saturated rings. The van der Waals surface area contributed by atoms with Crippen molar-refractivity contribution in [2.24, 2.45) is 17.8 Å². The molecular weight excluding hydrogens is 412 g/mol. The molecule has 1 amide bonds. The number of para-hydroxylation sites is 2. The summed E-state index contributed by atoms with van der Waals surface area (Å²) >= 11 is 0. The first kappa shape index (κ1) is 24.0. The van der Waals surface area contributed by atoms with Crippen LogP contribution < -0.4 is 5.32 Å². The van der Waals surface area contributed by atoms with Gasteiger partial charge in [0.2, 0.25) is 11.7 Å². The van der Waals surface area contributed by atoms with Gasteiger partial charge >= 0.3 is 0 Å². The van der Waals surface area contributed by atoms with Crippen LogP contribution in [0.4, 0.5) is 0 Å². The lowest BCUT2D eigenvalue weighted by Gasteiger charge is -2.30. The molecule has 0 spiro atoms. The maximum atomic E-state index is 13.6. The van der Waals surface area contributed by atoms with E-state index >= 15 is 0 Å². The Balaban J connectivity index is 1.46. The summed E-state index contributed by atoms with van der Waals surface area (Å²) in [4.78, 5) is 31.2. The molecule has 2 aliphatic rings. The zero-order valence-corrected chi connectivity index (χ0v) is 20.2. The lowest BCUT2D eigenvalue weighted by molar-refractivity contribution is -0.127. The summed E-state index contributed by atoms with van der Waals surface area (Å²) in [7, 11) is 0. The van der Waals surface area contributed by atoms with E-state index in [1.165, 1.54) is 64.2 Å². The number of benzene rings is 1. The van der Waals surface area contributed by atoms with Gasteiger partial charge in [0.25, 0.3) is 5.89 Å². The second kappa shape index (κ2) is 11.8. The van der Waals surface area contributed by atoms with Gasteiger partial charge in [-0.1, -0.05) is 89.7 Å². The summed E-state index contributed by atoms with van der Waals surface area (Å²) < 4.78 is 5.73. The number of nitrogens with zero attached hydrogens (tertiary/aromatic N) is 1. The quantitative estimate of drug-likeness (QED) is 0.400. The van der Waals surface area contributed by atoms with Crippen LogP contribution in [0, 0.1) is 17.8 Å². The van der Waals surface area contributed by atoms with Gasteiger partial charge < -0.3 is 9.73 Å². The lowest BCUT2D eigenvalue weighted by Crippen LogP contribution is -2.44. The fourth-order valence-corrected chi connectivity index (χ4v) is 5.93. The minimum atomic E-state index is -0.573. The second-order valence-corrected chi connectivity index (χ2v) is 10.4. The Hall–Kier alpha value is -2.17. The summed E-state index contributed by atoms with van der Waals surface area (Å²) in [5, 5.41) is 3.15. The fourth-order valence-electron chi connectivity index (χ4n) is 5.93. The molecule has 1 N–H and O–H groups in total. The number of aromatic nitrogens is 1. The van der Waals surface area contributed by atoms with Crippen molar-refractivity contribution in [3.63, 3.8) is 0 Å². The molecule has 4 rings (SSSR count). The number of hydrogen-bond acceptors (Lipinski definition) is 4. The van der Waals surface area contributed by atoms with Crippen LogP contribution in [0.15, 0.2) is 28.7 Å². The van der Waals surface area contributed by atoms with Crippen molar-refractivity contribution in [1.82, 2.24) is 10.3 Å². The highest BCUT2D eigenvalue weighted by Gasteiger charge is 2.32. The molecule has 1 heterocycles. The normalized spacial score (nSPS) is 19.1. The molecule has 180 valence electrons. The highest BCUT2D eigenvalue weighted by Crippen LogP contribution is 2.35. The maximum Gasteiger partial charge on any atom is 0.266 e. The largest absolute Gasteiger partial charge is 0.434 e. The Morgan fingerprint density at radius 2 is 1.58 bits per heavy atom. The van der Waals surface area contributed by atoms with E-state index in [1.807, 2.05) is 31.2 Å². The smallest absolute Gasteiger partial charge is 0.266 e. The van der Waals surface area contributed by atoms with Gasteiger partial charge in [-0.25, -0.2) is 4.98 Å². The molecule has 2 aliphatic carbocycles. The molecule has 2 aromatic rings. The first-order valence-corrected chi connectivity index (χ1v) is 13.3. The number of hydrogen-bond donors (Lipinski definition) is 1. The Morgan fingerprint density at radius 3 is 2.15 bits per heavy atom. The number of fused-ring (bicyclic) bond motifs is 1. The van der Waals surface area contributed by atoms with E-state index in [2.05, 4.69) is 10.3 Å². The number of carbonyl (C=O) groups excluding carboxylic acids is 2. The molecule has 1 aromatic carbocycles. The van der Waals surface area contributed by atoms with Gasteiger partial charge in [0.1, 0.15) is 5.52 Å². The molecule has 0 aliphatic heterocycles. The van der Waals surface area contributed by atoms with Gasteiger partial charge in [-0.15, -0.1) is 0 Å². The molecule has 1 unspecified atom stereocenters. The van der Waals surface area contributed by atoms with Crippen molar-refractivity contribution < 1.29 is 14.0 Å². The van der Waals surface area contributed by atoms with Gasteiger partial charge in [-0.3, -0.25) is 9.59 Å². The van der Waals surface area contributed by atoms with Crippen LogP contribution in [-0.2, 0) is 4.79 Å². The van der Waals surface area contributed by atoms with E-state index in [0.717, 1.165) is 19.3 Å². The first-order chi connectivity index (χ1) is 16.1. The van der Waals surface area contributed by atoms with E-state index in [-0.39, 0.29) is 23.5 Å². The van der Waals surface area contributed by atoms with Crippen molar-refractivity contribution >= 4 is 22.8 Å². The van der Waals surface area contributed by atoms with Crippen molar-refractivity contribution in [1.29, 1.82) is 0 Å². The number of rotatable bonds is 10. The molecule has 2 saturated carbocycles. The van der Waals surface area contributed by atoms with E-state index in [0.29, 0.717) is 29.4 Å². The molecule has 5 heteroatoms. The molecule has 0 saturated heterocycles. The number of oxazole rings is 1. The molecule has 0 radical (unpaired) electrons. The third-order valence-corrected chi connectivity index (χ3v) is 7.77. The van der Waals surface area contributed by atoms with E-state index < -0.39 is 6.04 Å². The van der Waals surface area contributed by atoms with Crippen LogP contribution in [0.25, 0.3) is 11.1 Å². The van der Waals surface area contributed by atoms with Crippen LogP contribution in [0.3, 0.4) is 0 Å². The number of nitrogens with one attached hydrogen (secondary N) is 1. The highest BCUT2D eigenvalue weighted by atomic mass is 16.4. The summed E-state index contributed by atoms with van der Waals surface area (Å²) in [6.07, 6.45) is 16.1. The SMILES string of the molecule is CCCC(NC(=O)C(CC1CCCCC1)CC1CCCCC1)C(=O)c1nc2ccccc2o1. The number of amides is 1. The predicted octanol–water partition coefficient (Wildman–Crippen LogP) is 6.85. The Labute approximate surface area is 198 Å². The van der Waals surface area contributed by atoms with Crippen molar-refractivity contribution in [2.45, 2.75) is 103 Å². The maximum absolute atomic E-state index is 13.6. The molecule has 1 atom stereocenters. The minimum Gasteiger partial charge on any atom is -0.434 e. The number of Topliss-reactive ketones (excluding diaryl/α,β-unsaturated/α-hetero) is 1. The zero-order chi connectivity index (χ0) is 23.0. The van der Waals surface area contributed by atoms with Gasteiger partial charge in [0.15, 0.2) is 5.58 Å². The van der Waals surface area contributed by atoms with E-state index in [9.17, 15) is 9.59 Å². The molecule has 1 aromatic heterocycles. The lowest BCUT2D eigenvalue weighted by atomic mass is 9.76. The van der Waals surface area contributed by atoms with E-state index in [1.54, 1.807) is 0 Å². The van der Waals surface area contributed by atoms with Crippen LogP contribution in [-0.4, -0.2) is 22.7 Å². The van der Waals surface area contributed by atoms with Gasteiger partial charge in [-0.2, -0.15) is 0 Å². The van der Waals surface area contributed by atoms with Crippen molar-refractivity contribution in [3.05, 3.63) is 30.2 Å². The third kappa shape index (κ3) is 6.45. The average molecular weight is 453 g/mol. The summed E-state index contributed by atoms with van der Waals surface area (Å²) in [6, 6.07) is 6.83. The standard InChI is InChI=1S/C28H40N2O3/c1-2-11-24(26(31)28-30-23-16-9-10-17-25(23)33-28)29-27(32)22(18-20-12-5-3-6-13-20)19-21-14-7-4-8-15-21/h9-10,16-17,20-22,24H,2-8,11-15,18-19H2,1H3,(H,29,32). The van der Waals surface area contributed by atoms with Crippen LogP contribution in [0.5, 0.6) is 0 Å². The van der Waals surface area contributed by atoms with Gasteiger partial charge in [-0.05, 0) is 43.2 Å². The summed E-state index contributed by atoms with van der Waals surface area (Å²) in [5.41, 5.74) is 1.28. The van der Waals surface area contributed by atoms with Crippen molar-refractivity contribution in [2.75, 3.05) is 0 Å². The Bertz CT molecular complexity index is 856.